The molecule has 19 heavy (non-hydrogen) atoms. The quantitative estimate of drug-likeness (QED) is 0.701. The van der Waals surface area contributed by atoms with E-state index in [9.17, 15) is 13.2 Å². The van der Waals surface area contributed by atoms with Crippen molar-refractivity contribution >= 4 is 21.6 Å². The number of methoxy groups -OCH3 is 1. The average Bonchev–Trinajstić information content (AvgIpc) is 2.35. The number of nitrogens with zero attached hydrogens (tertiary/aromatic N) is 1. The number of amides is 1. The summed E-state index contributed by atoms with van der Waals surface area (Å²) in [6.07, 6.45) is 0. The Morgan fingerprint density at radius 3 is 2.53 bits per heavy atom. The van der Waals surface area contributed by atoms with Crippen LogP contribution in [0, 0.1) is 0 Å². The number of carbonyl (C=O) groups excluding carboxylic acids is 1. The second-order valence-electron chi connectivity index (χ2n) is 3.81. The van der Waals surface area contributed by atoms with Gasteiger partial charge in [-0.1, -0.05) is 6.92 Å². The number of nitrogen functional groups attached to an aromatic ring is 1. The number of hydrogen-bond acceptors (Lipinski definition) is 5. The second-order valence-corrected chi connectivity index (χ2v) is 5.71. The summed E-state index contributed by atoms with van der Waals surface area (Å²) in [5.74, 6) is -0.564. The minimum Gasteiger partial charge on any atom is -0.495 e. The van der Waals surface area contributed by atoms with E-state index in [0.717, 1.165) is 4.31 Å². The lowest BCUT2D eigenvalue weighted by Crippen LogP contribution is -2.38. The van der Waals surface area contributed by atoms with E-state index in [0.29, 0.717) is 0 Å². The maximum Gasteiger partial charge on any atom is 0.247 e. The Labute approximate surface area is 112 Å². The van der Waals surface area contributed by atoms with E-state index in [-0.39, 0.29) is 22.9 Å². The number of likely N-dealkylation sites (N-methyl/N-ethyl adjacent to an activating group) is 1. The van der Waals surface area contributed by atoms with Crippen LogP contribution in [0.1, 0.15) is 6.92 Å². The van der Waals surface area contributed by atoms with Crippen molar-refractivity contribution in [3.05, 3.63) is 18.2 Å². The predicted molar refractivity (Wildman–Crippen MR) is 71.0 cm³/mol. The lowest BCUT2D eigenvalue weighted by molar-refractivity contribution is -0.118. The average molecular weight is 287 g/mol. The van der Waals surface area contributed by atoms with Gasteiger partial charge < -0.3 is 16.2 Å². The highest BCUT2D eigenvalue weighted by Crippen LogP contribution is 2.28. The first-order chi connectivity index (χ1) is 8.82. The van der Waals surface area contributed by atoms with Gasteiger partial charge >= 0.3 is 0 Å². The maximum absolute atomic E-state index is 12.4. The standard InChI is InChI=1S/C11H17N3O4S/c1-3-14(7-11(13)15)19(16,17)10-6-8(12)4-5-9(10)18-2/h4-6H,3,7,12H2,1-2H3,(H2,13,15). The van der Waals surface area contributed by atoms with Gasteiger partial charge in [0.1, 0.15) is 10.6 Å². The lowest BCUT2D eigenvalue weighted by atomic mass is 10.3. The van der Waals surface area contributed by atoms with E-state index < -0.39 is 22.5 Å². The molecule has 0 aromatic heterocycles. The summed E-state index contributed by atoms with van der Waals surface area (Å²) >= 11 is 0. The lowest BCUT2D eigenvalue weighted by Gasteiger charge is -2.20. The molecule has 0 atom stereocenters. The molecule has 0 heterocycles. The van der Waals surface area contributed by atoms with Gasteiger partial charge in [-0.25, -0.2) is 8.42 Å². The molecule has 0 aliphatic heterocycles. The van der Waals surface area contributed by atoms with Crippen molar-refractivity contribution in [2.45, 2.75) is 11.8 Å². The first-order valence-electron chi connectivity index (χ1n) is 5.55. The van der Waals surface area contributed by atoms with Crippen LogP contribution in [0.3, 0.4) is 0 Å². The van der Waals surface area contributed by atoms with Gasteiger partial charge in [-0.05, 0) is 18.2 Å². The molecule has 1 amide bonds. The van der Waals surface area contributed by atoms with Crippen molar-refractivity contribution in [2.24, 2.45) is 5.73 Å². The summed E-state index contributed by atoms with van der Waals surface area (Å²) in [7, 11) is -2.53. The number of ether oxygens (including phenoxy) is 1. The van der Waals surface area contributed by atoms with Crippen LogP contribution in [0.25, 0.3) is 0 Å². The van der Waals surface area contributed by atoms with Crippen LogP contribution >= 0.6 is 0 Å². The first-order valence-corrected chi connectivity index (χ1v) is 6.99. The Balaban J connectivity index is 3.32. The number of anilines is 1. The van der Waals surface area contributed by atoms with Gasteiger partial charge in [0.15, 0.2) is 0 Å². The monoisotopic (exact) mass is 287 g/mol. The van der Waals surface area contributed by atoms with Crippen LogP contribution in [0.15, 0.2) is 23.1 Å². The SMILES string of the molecule is CCN(CC(N)=O)S(=O)(=O)c1cc(N)ccc1OC. The molecule has 0 bridgehead atoms. The molecule has 1 rings (SSSR count). The van der Waals surface area contributed by atoms with Crippen molar-refractivity contribution in [1.29, 1.82) is 0 Å². The molecule has 0 fully saturated rings. The van der Waals surface area contributed by atoms with E-state index >= 15 is 0 Å². The maximum atomic E-state index is 12.4. The number of hydrogen-bond donors (Lipinski definition) is 2. The van der Waals surface area contributed by atoms with Crippen molar-refractivity contribution in [3.63, 3.8) is 0 Å². The summed E-state index contributed by atoms with van der Waals surface area (Å²) in [5, 5.41) is 0. The van der Waals surface area contributed by atoms with Crippen LogP contribution in [-0.2, 0) is 14.8 Å². The normalized spacial score (nSPS) is 11.5. The second kappa shape index (κ2) is 5.89. The molecule has 1 aromatic rings. The van der Waals surface area contributed by atoms with Crippen LogP contribution in [0.2, 0.25) is 0 Å². The molecule has 0 aliphatic carbocycles. The third-order valence-electron chi connectivity index (χ3n) is 2.49. The number of carbonyl (C=O) groups is 1. The fourth-order valence-electron chi connectivity index (χ4n) is 1.57. The van der Waals surface area contributed by atoms with Crippen LogP contribution in [0.5, 0.6) is 5.75 Å². The highest BCUT2D eigenvalue weighted by molar-refractivity contribution is 7.89. The predicted octanol–water partition coefficient (Wildman–Crippen LogP) is -0.227. The zero-order valence-electron chi connectivity index (χ0n) is 10.8. The third kappa shape index (κ3) is 3.36. The molecule has 106 valence electrons. The number of sulfonamides is 1. The largest absolute Gasteiger partial charge is 0.495 e. The Morgan fingerprint density at radius 1 is 1.42 bits per heavy atom. The fraction of sp³-hybridized carbons (Fsp3) is 0.364. The Kier molecular flexibility index (Phi) is 4.73. The minimum atomic E-state index is -3.88. The summed E-state index contributed by atoms with van der Waals surface area (Å²) in [5.41, 5.74) is 10.9. The summed E-state index contributed by atoms with van der Waals surface area (Å²) in [6.45, 7) is 1.33. The van der Waals surface area contributed by atoms with Crippen LogP contribution in [0.4, 0.5) is 5.69 Å². The Morgan fingerprint density at radius 2 is 2.05 bits per heavy atom. The van der Waals surface area contributed by atoms with E-state index in [4.69, 9.17) is 16.2 Å². The molecule has 0 saturated carbocycles. The van der Waals surface area contributed by atoms with E-state index in [1.807, 2.05) is 0 Å². The topological polar surface area (TPSA) is 116 Å². The zero-order chi connectivity index (χ0) is 14.6. The Bertz CT molecular complexity index is 571. The van der Waals surface area contributed by atoms with Gasteiger partial charge in [-0.3, -0.25) is 4.79 Å². The first kappa shape index (κ1) is 15.3. The van der Waals surface area contributed by atoms with Crippen molar-refractivity contribution in [3.8, 4) is 5.75 Å². The Hall–Kier alpha value is -1.80. The third-order valence-corrected chi connectivity index (χ3v) is 4.43. The molecule has 0 spiro atoms. The summed E-state index contributed by atoms with van der Waals surface area (Å²) in [4.78, 5) is 10.8. The molecule has 0 radical (unpaired) electrons. The molecular weight excluding hydrogens is 270 g/mol. The van der Waals surface area contributed by atoms with Crippen molar-refractivity contribution < 1.29 is 17.9 Å². The van der Waals surface area contributed by atoms with Gasteiger partial charge in [-0.2, -0.15) is 4.31 Å². The molecule has 0 unspecified atom stereocenters. The van der Waals surface area contributed by atoms with Crippen molar-refractivity contribution in [2.75, 3.05) is 25.9 Å². The van der Waals surface area contributed by atoms with E-state index in [1.54, 1.807) is 6.92 Å². The van der Waals surface area contributed by atoms with Crippen LogP contribution in [-0.4, -0.2) is 38.8 Å². The molecule has 7 nitrogen and oxygen atoms in total. The van der Waals surface area contributed by atoms with Gasteiger partial charge in [0.2, 0.25) is 15.9 Å². The molecule has 0 saturated heterocycles. The molecular formula is C11H17N3O4S. The minimum absolute atomic E-state index is 0.0851. The number of rotatable bonds is 6. The van der Waals surface area contributed by atoms with Gasteiger partial charge in [0, 0.05) is 12.2 Å². The van der Waals surface area contributed by atoms with E-state index in [2.05, 4.69) is 0 Å². The number of primary amides is 1. The summed E-state index contributed by atoms with van der Waals surface area (Å²) in [6, 6.07) is 4.28. The smallest absolute Gasteiger partial charge is 0.247 e. The molecule has 4 N–H and O–H groups in total. The highest BCUT2D eigenvalue weighted by Gasteiger charge is 2.27. The van der Waals surface area contributed by atoms with Crippen molar-refractivity contribution in [1.82, 2.24) is 4.31 Å². The number of nitrogens with two attached hydrogens (primary N) is 2. The molecule has 1 aromatic carbocycles. The fourth-order valence-corrected chi connectivity index (χ4v) is 3.18. The highest BCUT2D eigenvalue weighted by atomic mass is 32.2. The van der Waals surface area contributed by atoms with E-state index in [1.165, 1.54) is 25.3 Å². The number of benzene rings is 1. The van der Waals surface area contributed by atoms with Crippen LogP contribution < -0.4 is 16.2 Å². The zero-order valence-corrected chi connectivity index (χ0v) is 11.6. The molecule has 0 aliphatic rings. The van der Waals surface area contributed by atoms with Gasteiger partial charge in [-0.15, -0.1) is 0 Å². The van der Waals surface area contributed by atoms with Gasteiger partial charge in [0.25, 0.3) is 0 Å². The molecule has 8 heteroatoms. The van der Waals surface area contributed by atoms with Gasteiger partial charge in [0.05, 0.1) is 13.7 Å². The summed E-state index contributed by atoms with van der Waals surface area (Å²) < 4.78 is 30.8.